The van der Waals surface area contributed by atoms with Crippen molar-refractivity contribution >= 4 is 5.69 Å². The van der Waals surface area contributed by atoms with Crippen LogP contribution in [0.15, 0.2) is 54.6 Å². The molecule has 0 heterocycles. The number of benzene rings is 2. The monoisotopic (exact) mass is 251 g/mol. The first-order valence-electron chi connectivity index (χ1n) is 6.35. The second kappa shape index (κ2) is 7.13. The van der Waals surface area contributed by atoms with E-state index < -0.39 is 0 Å². The molecular weight excluding hydrogens is 234 g/mol. The second-order valence-electron chi connectivity index (χ2n) is 4.04. The highest BCUT2D eigenvalue weighted by molar-refractivity contribution is 5.47. The summed E-state index contributed by atoms with van der Waals surface area (Å²) in [6.45, 7) is 2.72. The first-order chi connectivity index (χ1) is 9.38. The Morgan fingerprint density at radius 3 is 2.32 bits per heavy atom. The van der Waals surface area contributed by atoms with Gasteiger partial charge in [0.15, 0.2) is 0 Å². The minimum Gasteiger partial charge on any atom is -0.457 e. The van der Waals surface area contributed by atoms with E-state index in [0.29, 0.717) is 0 Å². The Kier molecular flexibility index (Phi) is 4.89. The summed E-state index contributed by atoms with van der Waals surface area (Å²) in [5, 5.41) is 3.31. The van der Waals surface area contributed by atoms with Crippen molar-refractivity contribution in [1.82, 2.24) is 0 Å². The van der Waals surface area contributed by atoms with Gasteiger partial charge in [-0.15, -0.1) is 11.8 Å². The summed E-state index contributed by atoms with van der Waals surface area (Å²) in [5.74, 6) is 7.59. The van der Waals surface area contributed by atoms with E-state index in [0.717, 1.165) is 30.2 Å². The van der Waals surface area contributed by atoms with Crippen LogP contribution in [-0.4, -0.2) is 6.54 Å². The van der Waals surface area contributed by atoms with E-state index in [2.05, 4.69) is 17.2 Å². The van der Waals surface area contributed by atoms with E-state index in [1.54, 1.807) is 0 Å². The number of rotatable bonds is 5. The Labute approximate surface area is 114 Å². The van der Waals surface area contributed by atoms with Gasteiger partial charge in [-0.2, -0.15) is 0 Å². The van der Waals surface area contributed by atoms with E-state index in [1.165, 1.54) is 0 Å². The SMILES string of the molecule is CC#CCCNc1ccc(Oc2ccccc2)cc1. The average molecular weight is 251 g/mol. The molecule has 0 unspecified atom stereocenters. The molecule has 96 valence electrons. The van der Waals surface area contributed by atoms with Gasteiger partial charge in [0.1, 0.15) is 11.5 Å². The zero-order valence-electron chi connectivity index (χ0n) is 11.0. The maximum Gasteiger partial charge on any atom is 0.127 e. The third-order valence-electron chi connectivity index (χ3n) is 2.59. The summed E-state index contributed by atoms with van der Waals surface area (Å²) in [4.78, 5) is 0. The highest BCUT2D eigenvalue weighted by Crippen LogP contribution is 2.22. The van der Waals surface area contributed by atoms with Gasteiger partial charge in [0.05, 0.1) is 0 Å². The van der Waals surface area contributed by atoms with Gasteiger partial charge in [0.25, 0.3) is 0 Å². The number of hydrogen-bond acceptors (Lipinski definition) is 2. The van der Waals surface area contributed by atoms with E-state index >= 15 is 0 Å². The molecule has 0 amide bonds. The van der Waals surface area contributed by atoms with Gasteiger partial charge in [0, 0.05) is 18.7 Å². The third kappa shape index (κ3) is 4.40. The van der Waals surface area contributed by atoms with E-state index in [4.69, 9.17) is 4.74 Å². The Hall–Kier alpha value is -2.40. The number of ether oxygens (including phenoxy) is 1. The molecule has 2 rings (SSSR count). The van der Waals surface area contributed by atoms with Crippen LogP contribution in [0.5, 0.6) is 11.5 Å². The molecule has 19 heavy (non-hydrogen) atoms. The highest BCUT2D eigenvalue weighted by Gasteiger charge is 1.96. The van der Waals surface area contributed by atoms with Gasteiger partial charge in [0.2, 0.25) is 0 Å². The Morgan fingerprint density at radius 2 is 1.63 bits per heavy atom. The molecule has 0 aliphatic rings. The summed E-state index contributed by atoms with van der Waals surface area (Å²) in [7, 11) is 0. The lowest BCUT2D eigenvalue weighted by atomic mass is 10.3. The smallest absolute Gasteiger partial charge is 0.127 e. The first kappa shape index (κ1) is 13.0. The molecular formula is C17H17NO. The van der Waals surface area contributed by atoms with E-state index in [9.17, 15) is 0 Å². The van der Waals surface area contributed by atoms with Gasteiger partial charge in [-0.25, -0.2) is 0 Å². The molecule has 0 aliphatic heterocycles. The van der Waals surface area contributed by atoms with Gasteiger partial charge in [-0.1, -0.05) is 18.2 Å². The van der Waals surface area contributed by atoms with Gasteiger partial charge >= 0.3 is 0 Å². The number of para-hydroxylation sites is 1. The van der Waals surface area contributed by atoms with Crippen molar-refractivity contribution < 1.29 is 4.74 Å². The zero-order valence-corrected chi connectivity index (χ0v) is 11.0. The van der Waals surface area contributed by atoms with Crippen LogP contribution in [0.1, 0.15) is 13.3 Å². The topological polar surface area (TPSA) is 21.3 Å². The summed E-state index contributed by atoms with van der Waals surface area (Å²) < 4.78 is 5.73. The first-order valence-corrected chi connectivity index (χ1v) is 6.35. The Balaban J connectivity index is 1.89. The number of nitrogens with one attached hydrogen (secondary N) is 1. The standard InChI is InChI=1S/C17H17NO/c1-2-3-7-14-18-15-10-12-17(13-11-15)19-16-8-5-4-6-9-16/h4-6,8-13,18H,7,14H2,1H3. The summed E-state index contributed by atoms with van der Waals surface area (Å²) in [6.07, 6.45) is 0.860. The lowest BCUT2D eigenvalue weighted by molar-refractivity contribution is 0.483. The molecule has 0 aliphatic carbocycles. The molecule has 0 fully saturated rings. The Bertz CT molecular complexity index is 549. The fourth-order valence-electron chi connectivity index (χ4n) is 1.66. The molecule has 2 aromatic carbocycles. The van der Waals surface area contributed by atoms with Crippen molar-refractivity contribution in [3.8, 4) is 23.3 Å². The number of hydrogen-bond donors (Lipinski definition) is 1. The molecule has 1 N–H and O–H groups in total. The lowest BCUT2D eigenvalue weighted by Crippen LogP contribution is -1.99. The van der Waals surface area contributed by atoms with Gasteiger partial charge in [-0.3, -0.25) is 0 Å². The zero-order chi connectivity index (χ0) is 13.3. The average Bonchev–Trinajstić information content (AvgIpc) is 2.46. The second-order valence-corrected chi connectivity index (χ2v) is 4.04. The summed E-state index contributed by atoms with van der Waals surface area (Å²) in [6, 6.07) is 17.7. The van der Waals surface area contributed by atoms with E-state index in [1.807, 2.05) is 61.5 Å². The molecule has 0 saturated carbocycles. The molecule has 2 aromatic rings. The fourth-order valence-corrected chi connectivity index (χ4v) is 1.66. The largest absolute Gasteiger partial charge is 0.457 e. The van der Waals surface area contributed by atoms with Crippen LogP contribution in [0, 0.1) is 11.8 Å². The van der Waals surface area contributed by atoms with Crippen molar-refractivity contribution in [3.63, 3.8) is 0 Å². The third-order valence-corrected chi connectivity index (χ3v) is 2.59. The predicted molar refractivity (Wildman–Crippen MR) is 79.5 cm³/mol. The van der Waals surface area contributed by atoms with Crippen LogP contribution >= 0.6 is 0 Å². The molecule has 0 aromatic heterocycles. The molecule has 2 nitrogen and oxygen atoms in total. The fraction of sp³-hybridized carbons (Fsp3) is 0.176. The number of anilines is 1. The van der Waals surface area contributed by atoms with Crippen molar-refractivity contribution in [2.45, 2.75) is 13.3 Å². The minimum atomic E-state index is 0.838. The molecule has 0 spiro atoms. The molecule has 0 atom stereocenters. The highest BCUT2D eigenvalue weighted by atomic mass is 16.5. The lowest BCUT2D eigenvalue weighted by Gasteiger charge is -2.07. The van der Waals surface area contributed by atoms with E-state index in [-0.39, 0.29) is 0 Å². The normalized spacial score (nSPS) is 9.32. The van der Waals surface area contributed by atoms with Crippen molar-refractivity contribution in [2.24, 2.45) is 0 Å². The quantitative estimate of drug-likeness (QED) is 0.631. The van der Waals surface area contributed by atoms with Crippen LogP contribution < -0.4 is 10.1 Å². The maximum absolute atomic E-state index is 5.73. The van der Waals surface area contributed by atoms with Crippen LogP contribution in [-0.2, 0) is 0 Å². The van der Waals surface area contributed by atoms with Crippen molar-refractivity contribution in [2.75, 3.05) is 11.9 Å². The molecule has 2 heteroatoms. The van der Waals surface area contributed by atoms with Crippen molar-refractivity contribution in [3.05, 3.63) is 54.6 Å². The van der Waals surface area contributed by atoms with Crippen LogP contribution in [0.25, 0.3) is 0 Å². The minimum absolute atomic E-state index is 0.838. The van der Waals surface area contributed by atoms with Gasteiger partial charge < -0.3 is 10.1 Å². The molecule has 0 bridgehead atoms. The van der Waals surface area contributed by atoms with Crippen LogP contribution in [0.2, 0.25) is 0 Å². The maximum atomic E-state index is 5.73. The van der Waals surface area contributed by atoms with Gasteiger partial charge in [-0.05, 0) is 43.3 Å². The summed E-state index contributed by atoms with van der Waals surface area (Å²) >= 11 is 0. The summed E-state index contributed by atoms with van der Waals surface area (Å²) in [5.41, 5.74) is 1.08. The molecule has 0 saturated heterocycles. The van der Waals surface area contributed by atoms with Crippen LogP contribution in [0.3, 0.4) is 0 Å². The Morgan fingerprint density at radius 1 is 0.947 bits per heavy atom. The predicted octanol–water partition coefficient (Wildman–Crippen LogP) is 4.30. The van der Waals surface area contributed by atoms with Crippen molar-refractivity contribution in [1.29, 1.82) is 0 Å². The van der Waals surface area contributed by atoms with Crippen LogP contribution in [0.4, 0.5) is 5.69 Å². The molecule has 0 radical (unpaired) electrons.